The fourth-order valence-corrected chi connectivity index (χ4v) is 2.81. The molecule has 1 unspecified atom stereocenters. The van der Waals surface area contributed by atoms with Gasteiger partial charge in [0.1, 0.15) is 0 Å². The zero-order valence-electron chi connectivity index (χ0n) is 6.68. The van der Waals surface area contributed by atoms with E-state index in [1.165, 1.54) is 25.0 Å². The van der Waals surface area contributed by atoms with E-state index in [0.29, 0.717) is 6.04 Å². The minimum atomic E-state index is 0.449. The first-order valence-corrected chi connectivity index (χ1v) is 5.26. The molecule has 0 aliphatic carbocycles. The fourth-order valence-electron chi connectivity index (χ4n) is 1.37. The molecule has 1 nitrogen and oxygen atoms in total. The second-order valence-electron chi connectivity index (χ2n) is 2.98. The quantitative estimate of drug-likeness (QED) is 0.667. The van der Waals surface area contributed by atoms with Crippen LogP contribution in [0.1, 0.15) is 32.6 Å². The molecule has 10 heavy (non-hydrogen) atoms. The second-order valence-corrected chi connectivity index (χ2v) is 4.32. The molecule has 1 aliphatic rings. The predicted molar refractivity (Wildman–Crippen MR) is 48.4 cm³/mol. The number of rotatable bonds is 2. The first-order chi connectivity index (χ1) is 4.84. The van der Waals surface area contributed by atoms with Crippen molar-refractivity contribution < 1.29 is 0 Å². The van der Waals surface area contributed by atoms with Gasteiger partial charge in [-0.3, -0.25) is 0 Å². The van der Waals surface area contributed by atoms with Crippen LogP contribution < -0.4 is 5.73 Å². The Morgan fingerprint density at radius 1 is 1.60 bits per heavy atom. The SMILES string of the molecule is CC[C@@H](N)C1CCCCS1. The summed E-state index contributed by atoms with van der Waals surface area (Å²) in [6.07, 6.45) is 5.28. The molecular weight excluding hydrogens is 142 g/mol. The van der Waals surface area contributed by atoms with Gasteiger partial charge in [0.05, 0.1) is 0 Å². The average molecular weight is 159 g/mol. The maximum atomic E-state index is 5.93. The summed E-state index contributed by atoms with van der Waals surface area (Å²) in [5.74, 6) is 1.33. The van der Waals surface area contributed by atoms with E-state index in [2.05, 4.69) is 18.7 Å². The Morgan fingerprint density at radius 2 is 2.40 bits per heavy atom. The molecule has 1 saturated heterocycles. The summed E-state index contributed by atoms with van der Waals surface area (Å²) in [5.41, 5.74) is 5.93. The van der Waals surface area contributed by atoms with Crippen LogP contribution >= 0.6 is 11.8 Å². The third kappa shape index (κ3) is 2.17. The van der Waals surface area contributed by atoms with Crippen molar-refractivity contribution in [2.75, 3.05) is 5.75 Å². The predicted octanol–water partition coefficient (Wildman–Crippen LogP) is 2.01. The van der Waals surface area contributed by atoms with Crippen LogP contribution in [0.25, 0.3) is 0 Å². The van der Waals surface area contributed by atoms with E-state index in [9.17, 15) is 0 Å². The van der Waals surface area contributed by atoms with Gasteiger partial charge in [0.15, 0.2) is 0 Å². The largest absolute Gasteiger partial charge is 0.327 e. The van der Waals surface area contributed by atoms with Gasteiger partial charge in [-0.15, -0.1) is 0 Å². The van der Waals surface area contributed by atoms with Gasteiger partial charge in [-0.1, -0.05) is 13.3 Å². The molecule has 0 amide bonds. The molecule has 1 aliphatic heterocycles. The molecule has 60 valence electrons. The van der Waals surface area contributed by atoms with Gasteiger partial charge in [0, 0.05) is 11.3 Å². The Kier molecular flexibility index (Phi) is 3.57. The highest BCUT2D eigenvalue weighted by Crippen LogP contribution is 2.27. The van der Waals surface area contributed by atoms with E-state index in [1.807, 2.05) is 0 Å². The summed E-state index contributed by atoms with van der Waals surface area (Å²) in [5, 5.41) is 0.763. The molecule has 2 heteroatoms. The molecule has 0 bridgehead atoms. The highest BCUT2D eigenvalue weighted by atomic mass is 32.2. The Hall–Kier alpha value is 0.310. The van der Waals surface area contributed by atoms with Crippen molar-refractivity contribution in [3.63, 3.8) is 0 Å². The molecule has 1 rings (SSSR count). The number of nitrogens with two attached hydrogens (primary N) is 1. The molecule has 0 aromatic carbocycles. The first kappa shape index (κ1) is 8.41. The van der Waals surface area contributed by atoms with Gasteiger partial charge in [-0.25, -0.2) is 0 Å². The zero-order chi connectivity index (χ0) is 7.40. The van der Waals surface area contributed by atoms with E-state index in [-0.39, 0.29) is 0 Å². The smallest absolute Gasteiger partial charge is 0.0198 e. The summed E-state index contributed by atoms with van der Waals surface area (Å²) < 4.78 is 0. The molecule has 0 spiro atoms. The van der Waals surface area contributed by atoms with Gasteiger partial charge >= 0.3 is 0 Å². The maximum Gasteiger partial charge on any atom is 0.0198 e. The van der Waals surface area contributed by atoms with Crippen molar-refractivity contribution in [3.05, 3.63) is 0 Å². The van der Waals surface area contributed by atoms with Crippen LogP contribution in [0.5, 0.6) is 0 Å². The minimum absolute atomic E-state index is 0.449. The van der Waals surface area contributed by atoms with Crippen molar-refractivity contribution in [2.24, 2.45) is 5.73 Å². The summed E-state index contributed by atoms with van der Waals surface area (Å²) in [4.78, 5) is 0. The van der Waals surface area contributed by atoms with Gasteiger partial charge < -0.3 is 5.73 Å². The van der Waals surface area contributed by atoms with Crippen molar-refractivity contribution in [1.82, 2.24) is 0 Å². The van der Waals surface area contributed by atoms with Gasteiger partial charge in [-0.2, -0.15) is 11.8 Å². The van der Waals surface area contributed by atoms with E-state index in [0.717, 1.165) is 11.7 Å². The van der Waals surface area contributed by atoms with Crippen LogP contribution in [0, 0.1) is 0 Å². The molecule has 0 aromatic rings. The van der Waals surface area contributed by atoms with E-state index in [1.54, 1.807) is 0 Å². The molecule has 1 fully saturated rings. The van der Waals surface area contributed by atoms with Crippen LogP contribution in [-0.4, -0.2) is 17.0 Å². The Labute approximate surface area is 67.8 Å². The normalized spacial score (nSPS) is 30.0. The molecule has 2 N–H and O–H groups in total. The molecule has 0 saturated carbocycles. The van der Waals surface area contributed by atoms with Gasteiger partial charge in [0.2, 0.25) is 0 Å². The summed E-state index contributed by atoms with van der Waals surface area (Å²) in [6.45, 7) is 2.18. The summed E-state index contributed by atoms with van der Waals surface area (Å²) in [7, 11) is 0. The highest BCUT2D eigenvalue weighted by Gasteiger charge is 2.18. The topological polar surface area (TPSA) is 26.0 Å². The molecule has 2 atom stereocenters. The first-order valence-electron chi connectivity index (χ1n) is 4.21. The highest BCUT2D eigenvalue weighted by molar-refractivity contribution is 8.00. The van der Waals surface area contributed by atoms with Crippen LogP contribution in [-0.2, 0) is 0 Å². The van der Waals surface area contributed by atoms with Crippen molar-refractivity contribution in [2.45, 2.75) is 43.9 Å². The van der Waals surface area contributed by atoms with E-state index >= 15 is 0 Å². The molecule has 0 radical (unpaired) electrons. The van der Waals surface area contributed by atoms with Crippen LogP contribution in [0.15, 0.2) is 0 Å². The van der Waals surface area contributed by atoms with Crippen LogP contribution in [0.3, 0.4) is 0 Å². The van der Waals surface area contributed by atoms with E-state index < -0.39 is 0 Å². The number of hydrogen-bond donors (Lipinski definition) is 1. The minimum Gasteiger partial charge on any atom is -0.327 e. The third-order valence-electron chi connectivity index (χ3n) is 2.16. The zero-order valence-corrected chi connectivity index (χ0v) is 7.49. The molecular formula is C8H17NS. The van der Waals surface area contributed by atoms with E-state index in [4.69, 9.17) is 5.73 Å². The van der Waals surface area contributed by atoms with Gasteiger partial charge in [0.25, 0.3) is 0 Å². The van der Waals surface area contributed by atoms with Gasteiger partial charge in [-0.05, 0) is 25.0 Å². The summed E-state index contributed by atoms with van der Waals surface area (Å²) >= 11 is 2.07. The van der Waals surface area contributed by atoms with Crippen molar-refractivity contribution in [1.29, 1.82) is 0 Å². The van der Waals surface area contributed by atoms with Crippen molar-refractivity contribution >= 4 is 11.8 Å². The van der Waals surface area contributed by atoms with Crippen LogP contribution in [0.4, 0.5) is 0 Å². The maximum absolute atomic E-state index is 5.93. The van der Waals surface area contributed by atoms with Crippen molar-refractivity contribution in [3.8, 4) is 0 Å². The Balaban J connectivity index is 2.24. The number of thioether (sulfide) groups is 1. The lowest BCUT2D eigenvalue weighted by atomic mass is 10.1. The molecule has 0 aromatic heterocycles. The lowest BCUT2D eigenvalue weighted by Crippen LogP contribution is -2.33. The Morgan fingerprint density at radius 3 is 2.90 bits per heavy atom. The lowest BCUT2D eigenvalue weighted by Gasteiger charge is -2.25. The third-order valence-corrected chi connectivity index (χ3v) is 3.70. The average Bonchev–Trinajstić information content (AvgIpc) is 2.05. The summed E-state index contributed by atoms with van der Waals surface area (Å²) in [6, 6.07) is 0.449. The second kappa shape index (κ2) is 4.24. The number of hydrogen-bond acceptors (Lipinski definition) is 2. The fraction of sp³-hybridized carbons (Fsp3) is 1.00. The standard InChI is InChI=1S/C8H17NS/c1-2-7(9)8-5-3-4-6-10-8/h7-8H,2-6,9H2,1H3/t7-,8?/m1/s1. The van der Waals surface area contributed by atoms with Crippen LogP contribution in [0.2, 0.25) is 0 Å². The lowest BCUT2D eigenvalue weighted by molar-refractivity contribution is 0.550. The Bertz CT molecular complexity index is 89.3. The monoisotopic (exact) mass is 159 g/mol. The molecule has 1 heterocycles.